The zero-order valence-corrected chi connectivity index (χ0v) is 11.3. The molecule has 0 spiro atoms. The number of rotatable bonds is 3. The average molecular weight is 276 g/mol. The highest BCUT2D eigenvalue weighted by atomic mass is 32.2. The van der Waals surface area contributed by atoms with Gasteiger partial charge in [-0.05, 0) is 13.3 Å². The van der Waals surface area contributed by atoms with Gasteiger partial charge in [-0.15, -0.1) is 0 Å². The molecule has 0 bridgehead atoms. The fourth-order valence-corrected chi connectivity index (χ4v) is 3.19. The minimum absolute atomic E-state index is 0.298. The monoisotopic (exact) mass is 276 g/mol. The van der Waals surface area contributed by atoms with Gasteiger partial charge in [-0.25, -0.2) is 0 Å². The first-order valence-electron chi connectivity index (χ1n) is 6.20. The summed E-state index contributed by atoms with van der Waals surface area (Å²) in [7, 11) is 0. The minimum Gasteiger partial charge on any atom is -0.394 e. The SMILES string of the molecule is CC[C@@H](C)NC1=N[C@@H]2[C@@H](O)[C@H](O)[C@@H](CO)O[C@@H]2S1. The van der Waals surface area contributed by atoms with Crippen molar-refractivity contribution in [1.82, 2.24) is 5.32 Å². The maximum Gasteiger partial charge on any atom is 0.159 e. The van der Waals surface area contributed by atoms with E-state index in [0.717, 1.165) is 11.6 Å². The number of aliphatic imine (C=N–C) groups is 1. The molecule has 2 rings (SSSR count). The van der Waals surface area contributed by atoms with Crippen molar-refractivity contribution in [2.45, 2.75) is 56.1 Å². The lowest BCUT2D eigenvalue weighted by Gasteiger charge is -2.37. The van der Waals surface area contributed by atoms with Gasteiger partial charge in [0.25, 0.3) is 0 Å². The number of thioether (sulfide) groups is 1. The molecule has 7 heteroatoms. The summed E-state index contributed by atoms with van der Waals surface area (Å²) in [6.07, 6.45) is -1.86. The summed E-state index contributed by atoms with van der Waals surface area (Å²) in [6, 6.07) is -0.175. The lowest BCUT2D eigenvalue weighted by atomic mass is 9.99. The average Bonchev–Trinajstić information content (AvgIpc) is 2.76. The number of amidine groups is 1. The number of nitrogens with one attached hydrogen (secondary N) is 1. The lowest BCUT2D eigenvalue weighted by Crippen LogP contribution is -2.55. The number of aliphatic hydroxyl groups is 3. The van der Waals surface area contributed by atoms with Gasteiger partial charge in [0.05, 0.1) is 6.61 Å². The predicted octanol–water partition coefficient (Wildman–Crippen LogP) is -0.715. The molecule has 104 valence electrons. The minimum atomic E-state index is -1.09. The Bertz CT molecular complexity index is 328. The molecule has 1 saturated heterocycles. The zero-order valence-electron chi connectivity index (χ0n) is 10.5. The highest BCUT2D eigenvalue weighted by Crippen LogP contribution is 2.35. The van der Waals surface area contributed by atoms with Gasteiger partial charge in [0.1, 0.15) is 29.8 Å². The van der Waals surface area contributed by atoms with Crippen LogP contribution in [0, 0.1) is 0 Å². The molecule has 2 aliphatic heterocycles. The maximum absolute atomic E-state index is 9.97. The molecule has 1 fully saturated rings. The van der Waals surface area contributed by atoms with Crippen molar-refractivity contribution in [2.24, 2.45) is 4.99 Å². The molecule has 0 aromatic heterocycles. The van der Waals surface area contributed by atoms with E-state index in [1.807, 2.05) is 6.92 Å². The third-order valence-corrected chi connectivity index (χ3v) is 4.39. The van der Waals surface area contributed by atoms with Crippen LogP contribution in [0.3, 0.4) is 0 Å². The number of hydrogen-bond donors (Lipinski definition) is 4. The zero-order chi connectivity index (χ0) is 13.3. The summed E-state index contributed by atoms with van der Waals surface area (Å²) < 4.78 is 5.54. The molecule has 6 nitrogen and oxygen atoms in total. The molecule has 2 aliphatic rings. The largest absolute Gasteiger partial charge is 0.394 e. The normalized spacial score (nSPS) is 41.2. The highest BCUT2D eigenvalue weighted by molar-refractivity contribution is 8.14. The van der Waals surface area contributed by atoms with Crippen molar-refractivity contribution in [3.8, 4) is 0 Å². The van der Waals surface area contributed by atoms with Crippen molar-refractivity contribution in [1.29, 1.82) is 0 Å². The highest BCUT2D eigenvalue weighted by Gasteiger charge is 2.48. The molecule has 0 aromatic carbocycles. The molecule has 0 saturated carbocycles. The van der Waals surface area contributed by atoms with Crippen LogP contribution in [0.2, 0.25) is 0 Å². The summed E-state index contributed by atoms with van der Waals surface area (Å²) in [5, 5.41) is 32.8. The smallest absolute Gasteiger partial charge is 0.159 e. The molecule has 0 aliphatic carbocycles. The molecular formula is C11H20N2O4S. The first kappa shape index (κ1) is 14.1. The molecule has 4 N–H and O–H groups in total. The second kappa shape index (κ2) is 5.75. The molecule has 18 heavy (non-hydrogen) atoms. The Morgan fingerprint density at radius 1 is 1.44 bits per heavy atom. The lowest BCUT2D eigenvalue weighted by molar-refractivity contribution is -0.164. The van der Waals surface area contributed by atoms with Crippen molar-refractivity contribution >= 4 is 16.9 Å². The van der Waals surface area contributed by atoms with E-state index in [4.69, 9.17) is 9.84 Å². The van der Waals surface area contributed by atoms with Crippen LogP contribution in [-0.2, 0) is 4.74 Å². The van der Waals surface area contributed by atoms with Crippen molar-refractivity contribution in [2.75, 3.05) is 6.61 Å². The summed E-state index contributed by atoms with van der Waals surface area (Å²) >= 11 is 1.40. The van der Waals surface area contributed by atoms with Crippen LogP contribution in [0.4, 0.5) is 0 Å². The van der Waals surface area contributed by atoms with Crippen LogP contribution in [0.1, 0.15) is 20.3 Å². The number of nitrogens with zero attached hydrogens (tertiary/aromatic N) is 1. The Morgan fingerprint density at radius 3 is 2.78 bits per heavy atom. The number of aliphatic hydroxyl groups excluding tert-OH is 3. The Labute approximate surface area is 110 Å². The molecule has 2 heterocycles. The first-order valence-corrected chi connectivity index (χ1v) is 7.08. The van der Waals surface area contributed by atoms with E-state index >= 15 is 0 Å². The third kappa shape index (κ3) is 2.65. The molecule has 0 radical (unpaired) electrons. The van der Waals surface area contributed by atoms with Gasteiger partial charge < -0.3 is 25.4 Å². The van der Waals surface area contributed by atoms with Gasteiger partial charge in [-0.3, -0.25) is 4.99 Å². The second-order valence-electron chi connectivity index (χ2n) is 4.70. The van der Waals surface area contributed by atoms with Gasteiger partial charge in [0.15, 0.2) is 5.17 Å². The second-order valence-corrected chi connectivity index (χ2v) is 5.79. The Balaban J connectivity index is 2.03. The van der Waals surface area contributed by atoms with Gasteiger partial charge in [-0.2, -0.15) is 0 Å². The molecular weight excluding hydrogens is 256 g/mol. The van der Waals surface area contributed by atoms with Crippen LogP contribution < -0.4 is 5.32 Å². The standard InChI is InChI=1S/C11H20N2O4S/c1-3-5(2)12-11-13-7-9(16)8(15)6(4-14)17-10(7)18-11/h5-10,14-16H,3-4H2,1-2H3,(H,12,13)/t5-,6-,7-,8-,9-,10-/m1/s1. The van der Waals surface area contributed by atoms with Crippen molar-refractivity contribution in [3.05, 3.63) is 0 Å². The summed E-state index contributed by atoms with van der Waals surface area (Å²) in [5.41, 5.74) is -0.341. The van der Waals surface area contributed by atoms with Crippen LogP contribution in [0.25, 0.3) is 0 Å². The van der Waals surface area contributed by atoms with Crippen LogP contribution in [0.5, 0.6) is 0 Å². The van der Waals surface area contributed by atoms with Crippen molar-refractivity contribution < 1.29 is 20.1 Å². The van der Waals surface area contributed by atoms with Crippen LogP contribution in [0.15, 0.2) is 4.99 Å². The Morgan fingerprint density at radius 2 is 2.17 bits per heavy atom. The van der Waals surface area contributed by atoms with Crippen LogP contribution in [-0.4, -0.2) is 62.9 Å². The van der Waals surface area contributed by atoms with E-state index in [9.17, 15) is 10.2 Å². The predicted molar refractivity (Wildman–Crippen MR) is 69.5 cm³/mol. The molecule has 0 amide bonds. The summed E-state index contributed by atoms with van der Waals surface area (Å²) in [6.45, 7) is 3.81. The Hall–Kier alpha value is -0.340. The maximum atomic E-state index is 9.97. The van der Waals surface area contributed by atoms with E-state index in [-0.39, 0.29) is 12.0 Å². The van der Waals surface area contributed by atoms with Gasteiger partial charge in [0, 0.05) is 6.04 Å². The first-order chi connectivity index (χ1) is 8.56. The van der Waals surface area contributed by atoms with E-state index < -0.39 is 24.4 Å². The summed E-state index contributed by atoms with van der Waals surface area (Å²) in [5.74, 6) is 0. The van der Waals surface area contributed by atoms with Gasteiger partial charge in [0.2, 0.25) is 0 Å². The molecule has 0 aromatic rings. The Kier molecular flexibility index (Phi) is 4.50. The van der Waals surface area contributed by atoms with E-state index in [2.05, 4.69) is 17.2 Å². The van der Waals surface area contributed by atoms with E-state index in [0.29, 0.717) is 6.04 Å². The topological polar surface area (TPSA) is 94.3 Å². The number of hydrogen-bond acceptors (Lipinski definition) is 7. The van der Waals surface area contributed by atoms with E-state index in [1.54, 1.807) is 0 Å². The number of ether oxygens (including phenoxy) is 1. The van der Waals surface area contributed by atoms with Crippen molar-refractivity contribution in [3.63, 3.8) is 0 Å². The van der Waals surface area contributed by atoms with E-state index in [1.165, 1.54) is 11.8 Å². The van der Waals surface area contributed by atoms with Crippen LogP contribution >= 0.6 is 11.8 Å². The van der Waals surface area contributed by atoms with Gasteiger partial charge >= 0.3 is 0 Å². The summed E-state index contributed by atoms with van der Waals surface area (Å²) in [4.78, 5) is 4.35. The quantitative estimate of drug-likeness (QED) is 0.544. The fraction of sp³-hybridized carbons (Fsp3) is 0.909. The third-order valence-electron chi connectivity index (χ3n) is 3.32. The molecule has 6 atom stereocenters. The fourth-order valence-electron chi connectivity index (χ4n) is 1.96. The molecule has 0 unspecified atom stereocenters. The number of fused-ring (bicyclic) bond motifs is 1. The van der Waals surface area contributed by atoms with Gasteiger partial charge in [-0.1, -0.05) is 18.7 Å².